The van der Waals surface area contributed by atoms with Crippen molar-refractivity contribution in [3.63, 3.8) is 0 Å². The normalized spacial score (nSPS) is 7.57. The molecule has 0 amide bonds. The summed E-state index contributed by atoms with van der Waals surface area (Å²) in [5, 5.41) is 0. The van der Waals surface area contributed by atoms with Crippen LogP contribution in [0.1, 0.15) is 1.43 Å². The van der Waals surface area contributed by atoms with Crippen LogP contribution in [0.5, 0.6) is 0 Å². The predicted molar refractivity (Wildman–Crippen MR) is 26.5 cm³/mol. The Labute approximate surface area is 57.0 Å². The third kappa shape index (κ3) is 1.87. The van der Waals surface area contributed by atoms with Gasteiger partial charge in [0.2, 0.25) is 0 Å². The van der Waals surface area contributed by atoms with E-state index in [1.54, 1.807) is 0 Å². The van der Waals surface area contributed by atoms with Crippen molar-refractivity contribution in [1.29, 1.82) is 0 Å². The van der Waals surface area contributed by atoms with Gasteiger partial charge in [0.15, 0.2) is 0 Å². The molecule has 0 aliphatic rings. The predicted octanol–water partition coefficient (Wildman–Crippen LogP) is -1.86. The monoisotopic (exact) mass is 89.1 g/mol. The second-order valence-electron chi connectivity index (χ2n) is 1.35. The van der Waals surface area contributed by atoms with E-state index in [9.17, 15) is 0 Å². The maximum Gasteiger partial charge on any atom is 1.00 e. The van der Waals surface area contributed by atoms with E-state index in [1.807, 2.05) is 36.1 Å². The van der Waals surface area contributed by atoms with E-state index < -0.39 is 0 Å². The zero-order valence-corrected chi connectivity index (χ0v) is 4.76. The van der Waals surface area contributed by atoms with Gasteiger partial charge in [0.25, 0.3) is 0 Å². The van der Waals surface area contributed by atoms with Crippen molar-refractivity contribution in [2.24, 2.45) is 7.05 Å². The molecule has 0 fully saturated rings. The number of aromatic nitrogens is 1. The molecule has 7 heavy (non-hydrogen) atoms. The van der Waals surface area contributed by atoms with E-state index in [0.717, 1.165) is 0 Å². The maximum absolute atomic E-state index is 2.00. The fourth-order valence-corrected chi connectivity index (χ4v) is 0.421. The van der Waals surface area contributed by atoms with E-state index in [-0.39, 0.29) is 20.3 Å². The van der Waals surface area contributed by atoms with Gasteiger partial charge >= 0.3 is 18.9 Å². The molecule has 1 rings (SSSR count). The quantitative estimate of drug-likeness (QED) is 0.328. The van der Waals surface area contributed by atoms with E-state index in [1.165, 1.54) is 0 Å². The van der Waals surface area contributed by atoms with Gasteiger partial charge in [-0.3, -0.25) is 0 Å². The Balaban J connectivity index is 0. The Bertz CT molecular complexity index is 116. The average molecular weight is 89.1 g/mol. The summed E-state index contributed by atoms with van der Waals surface area (Å²) in [6, 6.07) is 4.00. The maximum atomic E-state index is 2.00. The van der Waals surface area contributed by atoms with E-state index >= 15 is 0 Å². The molecule has 1 aromatic rings. The van der Waals surface area contributed by atoms with Crippen molar-refractivity contribution < 1.29 is 20.3 Å². The van der Waals surface area contributed by atoms with Crippen LogP contribution in [0.2, 0.25) is 0 Å². The summed E-state index contributed by atoms with van der Waals surface area (Å²) in [6.45, 7) is 0. The van der Waals surface area contributed by atoms with E-state index in [2.05, 4.69) is 0 Å². The molecule has 0 atom stereocenters. The van der Waals surface area contributed by atoms with Crippen LogP contribution >= 0.6 is 0 Å². The second-order valence-corrected chi connectivity index (χ2v) is 1.35. The second kappa shape index (κ2) is 2.96. The molecule has 1 aromatic heterocycles. The smallest absolute Gasteiger partial charge is 1.00 e. The summed E-state index contributed by atoms with van der Waals surface area (Å²) in [6.07, 6.45) is 4.00. The number of nitrogens with zero attached hydrogens (tertiary/aromatic N) is 1. The van der Waals surface area contributed by atoms with Crippen LogP contribution in [0, 0.1) is 0 Å². The molecule has 1 nitrogen and oxygen atoms in total. The molecule has 0 bridgehead atoms. The van der Waals surface area contributed by atoms with Crippen LogP contribution in [0.15, 0.2) is 24.5 Å². The van der Waals surface area contributed by atoms with Crippen LogP contribution in [-0.4, -0.2) is 4.57 Å². The molecule has 0 unspecified atom stereocenters. The van der Waals surface area contributed by atoms with Crippen LogP contribution in [0.4, 0.5) is 0 Å². The van der Waals surface area contributed by atoms with Crippen molar-refractivity contribution in [2.75, 3.05) is 0 Å². The molecule has 0 saturated heterocycles. The summed E-state index contributed by atoms with van der Waals surface area (Å²) < 4.78 is 2.00. The molecule has 0 aromatic carbocycles. The molecule has 0 radical (unpaired) electrons. The van der Waals surface area contributed by atoms with Crippen molar-refractivity contribution >= 4 is 0 Å². The Morgan fingerprint density at radius 3 is 1.86 bits per heavy atom. The van der Waals surface area contributed by atoms with Gasteiger partial charge in [0.1, 0.15) is 0 Å². The van der Waals surface area contributed by atoms with Gasteiger partial charge in [-0.15, -0.1) is 0 Å². The summed E-state index contributed by atoms with van der Waals surface area (Å²) in [5.41, 5.74) is 0. The standard InChI is InChI=1S/C5H7N.Li.H/c1-6-4-2-3-5-6;;/h2-5H,1H3;;/q;+1;-1. The fraction of sp³-hybridized carbons (Fsp3) is 0.200. The van der Waals surface area contributed by atoms with Crippen molar-refractivity contribution in [3.8, 4) is 0 Å². The molecular formula is C5H8LiN. The zero-order valence-electron chi connectivity index (χ0n) is 5.76. The first kappa shape index (κ1) is 6.88. The van der Waals surface area contributed by atoms with E-state index in [0.29, 0.717) is 0 Å². The Morgan fingerprint density at radius 2 is 1.71 bits per heavy atom. The summed E-state index contributed by atoms with van der Waals surface area (Å²) in [5.74, 6) is 0. The Hall–Kier alpha value is -0.123. The molecule has 0 saturated carbocycles. The average Bonchev–Trinajstić information content (AvgIpc) is 1.86. The van der Waals surface area contributed by atoms with Crippen LogP contribution in [0.25, 0.3) is 0 Å². The zero-order chi connectivity index (χ0) is 4.41. The number of aryl methyl sites for hydroxylation is 1. The molecule has 0 spiro atoms. The van der Waals surface area contributed by atoms with Gasteiger partial charge in [0, 0.05) is 19.4 Å². The number of hydrogen-bond acceptors (Lipinski definition) is 0. The first-order valence-corrected chi connectivity index (χ1v) is 1.96. The van der Waals surface area contributed by atoms with Crippen molar-refractivity contribution in [2.45, 2.75) is 0 Å². The molecule has 2 heteroatoms. The SMILES string of the molecule is Cn1cccc1.[H-].[Li+]. The summed E-state index contributed by atoms with van der Waals surface area (Å²) in [4.78, 5) is 0. The summed E-state index contributed by atoms with van der Waals surface area (Å²) >= 11 is 0. The molecule has 0 N–H and O–H groups in total. The first-order valence-electron chi connectivity index (χ1n) is 1.96. The van der Waals surface area contributed by atoms with Crippen molar-refractivity contribution in [1.82, 2.24) is 4.57 Å². The molecule has 0 aliphatic heterocycles. The van der Waals surface area contributed by atoms with E-state index in [4.69, 9.17) is 0 Å². The van der Waals surface area contributed by atoms with Crippen LogP contribution in [-0.2, 0) is 7.05 Å². The largest absolute Gasteiger partial charge is 1.00 e. The van der Waals surface area contributed by atoms with Gasteiger partial charge < -0.3 is 5.99 Å². The number of hydrogen-bond donors (Lipinski definition) is 0. The summed E-state index contributed by atoms with van der Waals surface area (Å²) in [7, 11) is 2.00. The van der Waals surface area contributed by atoms with Crippen LogP contribution in [0.3, 0.4) is 0 Å². The Kier molecular flexibility index (Phi) is 2.90. The fourth-order valence-electron chi connectivity index (χ4n) is 0.421. The first-order chi connectivity index (χ1) is 2.89. The Morgan fingerprint density at radius 1 is 1.29 bits per heavy atom. The van der Waals surface area contributed by atoms with Crippen molar-refractivity contribution in [3.05, 3.63) is 24.5 Å². The molecular weight excluding hydrogens is 81.0 g/mol. The minimum Gasteiger partial charge on any atom is -1.00 e. The van der Waals surface area contributed by atoms with Gasteiger partial charge in [-0.2, -0.15) is 0 Å². The molecule has 1 heterocycles. The molecule has 34 valence electrons. The topological polar surface area (TPSA) is 4.93 Å². The minimum atomic E-state index is 0. The van der Waals surface area contributed by atoms with Gasteiger partial charge in [-0.1, -0.05) is 0 Å². The van der Waals surface area contributed by atoms with Gasteiger partial charge in [-0.25, -0.2) is 0 Å². The van der Waals surface area contributed by atoms with Gasteiger partial charge in [-0.05, 0) is 12.1 Å². The third-order valence-corrected chi connectivity index (χ3v) is 0.754. The third-order valence-electron chi connectivity index (χ3n) is 0.754. The number of rotatable bonds is 0. The minimum absolute atomic E-state index is 0. The van der Waals surface area contributed by atoms with Gasteiger partial charge in [0.05, 0.1) is 0 Å². The molecule has 0 aliphatic carbocycles. The van der Waals surface area contributed by atoms with Crippen LogP contribution < -0.4 is 18.9 Å².